The fourth-order valence-electron chi connectivity index (χ4n) is 0.890. The minimum absolute atomic E-state index is 0.498. The van der Waals surface area contributed by atoms with E-state index in [-0.39, 0.29) is 0 Å². The van der Waals surface area contributed by atoms with Gasteiger partial charge in [0.2, 0.25) is 0 Å². The Kier molecular flexibility index (Phi) is 4.22. The number of nitrogens with zero attached hydrogens (tertiary/aromatic N) is 1. The number of rotatable bonds is 4. The van der Waals surface area contributed by atoms with E-state index >= 15 is 0 Å². The summed E-state index contributed by atoms with van der Waals surface area (Å²) in [5.41, 5.74) is 0.939. The van der Waals surface area contributed by atoms with Crippen molar-refractivity contribution >= 4 is 11.0 Å². The van der Waals surface area contributed by atoms with Crippen LogP contribution in [0.5, 0.6) is 0 Å². The van der Waals surface area contributed by atoms with E-state index in [4.69, 9.17) is 0 Å². The SMILES string of the molecule is Cc1ccc(S(=O)NCC(C)C)cn1. The molecule has 0 saturated carbocycles. The van der Waals surface area contributed by atoms with Crippen molar-refractivity contribution in [2.24, 2.45) is 5.92 Å². The van der Waals surface area contributed by atoms with E-state index in [0.29, 0.717) is 5.92 Å². The van der Waals surface area contributed by atoms with Crippen LogP contribution in [0, 0.1) is 12.8 Å². The molecular weight excluding hydrogens is 196 g/mol. The Hall–Kier alpha value is -0.740. The molecule has 3 nitrogen and oxygen atoms in total. The van der Waals surface area contributed by atoms with Gasteiger partial charge in [-0.1, -0.05) is 13.8 Å². The summed E-state index contributed by atoms with van der Waals surface area (Å²) in [4.78, 5) is 4.83. The van der Waals surface area contributed by atoms with Gasteiger partial charge >= 0.3 is 0 Å². The Balaban J connectivity index is 2.57. The van der Waals surface area contributed by atoms with E-state index in [0.717, 1.165) is 17.1 Å². The van der Waals surface area contributed by atoms with Gasteiger partial charge in [-0.15, -0.1) is 0 Å². The first-order valence-electron chi connectivity index (χ1n) is 4.67. The number of nitrogens with one attached hydrogen (secondary N) is 1. The van der Waals surface area contributed by atoms with E-state index in [1.807, 2.05) is 19.1 Å². The fraction of sp³-hybridized carbons (Fsp3) is 0.500. The molecule has 0 aliphatic heterocycles. The molecule has 4 heteroatoms. The number of hydrogen-bond acceptors (Lipinski definition) is 2. The molecule has 0 spiro atoms. The second-order valence-corrected chi connectivity index (χ2v) is 4.94. The number of aromatic nitrogens is 1. The molecule has 14 heavy (non-hydrogen) atoms. The maximum absolute atomic E-state index is 11.6. The van der Waals surface area contributed by atoms with Crippen molar-refractivity contribution in [1.29, 1.82) is 0 Å². The molecule has 1 heterocycles. The van der Waals surface area contributed by atoms with Crippen molar-refractivity contribution in [3.8, 4) is 0 Å². The lowest BCUT2D eigenvalue weighted by molar-refractivity contribution is 0.616. The minimum Gasteiger partial charge on any atom is -0.260 e. The van der Waals surface area contributed by atoms with Crippen LogP contribution in [0.3, 0.4) is 0 Å². The summed E-state index contributed by atoms with van der Waals surface area (Å²) in [5.74, 6) is 0.498. The molecule has 1 unspecified atom stereocenters. The zero-order valence-electron chi connectivity index (χ0n) is 8.78. The lowest BCUT2D eigenvalue weighted by Gasteiger charge is -2.06. The van der Waals surface area contributed by atoms with Gasteiger partial charge in [0.1, 0.15) is 11.0 Å². The molecule has 0 fully saturated rings. The van der Waals surface area contributed by atoms with Crippen molar-refractivity contribution in [2.75, 3.05) is 6.54 Å². The predicted octanol–water partition coefficient (Wildman–Crippen LogP) is 1.66. The standard InChI is InChI=1S/C10H16N2OS/c1-8(2)6-12-14(13)10-5-4-9(3)11-7-10/h4-5,7-8,12H,6H2,1-3H3. The van der Waals surface area contributed by atoms with Crippen LogP contribution in [0.4, 0.5) is 0 Å². The molecule has 0 saturated heterocycles. The van der Waals surface area contributed by atoms with Crippen LogP contribution in [0.15, 0.2) is 23.2 Å². The van der Waals surface area contributed by atoms with Gasteiger partial charge < -0.3 is 0 Å². The normalized spacial score (nSPS) is 13.1. The molecule has 1 N–H and O–H groups in total. The molecular formula is C10H16N2OS. The maximum Gasteiger partial charge on any atom is 0.126 e. The highest BCUT2D eigenvalue weighted by Gasteiger charge is 2.03. The fourth-order valence-corrected chi connectivity index (χ4v) is 1.88. The highest BCUT2D eigenvalue weighted by atomic mass is 32.2. The lowest BCUT2D eigenvalue weighted by atomic mass is 10.2. The monoisotopic (exact) mass is 212 g/mol. The summed E-state index contributed by atoms with van der Waals surface area (Å²) in [6.45, 7) is 6.82. The Morgan fingerprint density at radius 3 is 2.71 bits per heavy atom. The predicted molar refractivity (Wildman–Crippen MR) is 58.2 cm³/mol. The third-order valence-corrected chi connectivity index (χ3v) is 2.82. The van der Waals surface area contributed by atoms with Crippen LogP contribution in [0.1, 0.15) is 19.5 Å². The summed E-state index contributed by atoms with van der Waals surface area (Å²) >= 11 is 0. The Labute approximate surface area is 87.5 Å². The average Bonchev–Trinajstić information content (AvgIpc) is 2.15. The van der Waals surface area contributed by atoms with Crippen molar-refractivity contribution < 1.29 is 4.21 Å². The van der Waals surface area contributed by atoms with Gasteiger partial charge in [-0.2, -0.15) is 0 Å². The van der Waals surface area contributed by atoms with Crippen molar-refractivity contribution in [2.45, 2.75) is 25.7 Å². The molecule has 0 amide bonds. The maximum atomic E-state index is 11.6. The van der Waals surface area contributed by atoms with Crippen LogP contribution in [0.25, 0.3) is 0 Å². The Bertz CT molecular complexity index is 308. The molecule has 1 aromatic heterocycles. The first-order valence-corrected chi connectivity index (χ1v) is 5.82. The molecule has 0 radical (unpaired) electrons. The van der Waals surface area contributed by atoms with Crippen LogP contribution < -0.4 is 4.72 Å². The summed E-state index contributed by atoms with van der Waals surface area (Å²) in [7, 11) is -1.12. The molecule has 0 aromatic carbocycles. The quantitative estimate of drug-likeness (QED) is 0.824. The van der Waals surface area contributed by atoms with Crippen LogP contribution in [-0.4, -0.2) is 15.7 Å². The topological polar surface area (TPSA) is 42.0 Å². The smallest absolute Gasteiger partial charge is 0.126 e. The summed E-state index contributed by atoms with van der Waals surface area (Å²) in [6, 6.07) is 3.70. The summed E-state index contributed by atoms with van der Waals surface area (Å²) in [5, 5.41) is 0. The van der Waals surface area contributed by atoms with Crippen molar-refractivity contribution in [3.05, 3.63) is 24.0 Å². The Morgan fingerprint density at radius 2 is 2.21 bits per heavy atom. The lowest BCUT2D eigenvalue weighted by Crippen LogP contribution is -2.22. The largest absolute Gasteiger partial charge is 0.260 e. The van der Waals surface area contributed by atoms with Gasteiger partial charge in [-0.3, -0.25) is 4.98 Å². The van der Waals surface area contributed by atoms with Gasteiger partial charge in [0.05, 0.1) is 4.90 Å². The Morgan fingerprint density at radius 1 is 1.50 bits per heavy atom. The highest BCUT2D eigenvalue weighted by molar-refractivity contribution is 7.83. The van der Waals surface area contributed by atoms with E-state index in [9.17, 15) is 4.21 Å². The molecule has 0 aliphatic carbocycles. The third kappa shape index (κ3) is 3.55. The van der Waals surface area contributed by atoms with Gasteiger partial charge in [-0.25, -0.2) is 8.93 Å². The van der Waals surface area contributed by atoms with E-state index in [1.54, 1.807) is 6.20 Å². The van der Waals surface area contributed by atoms with Crippen LogP contribution in [0.2, 0.25) is 0 Å². The second-order valence-electron chi connectivity index (χ2n) is 3.65. The van der Waals surface area contributed by atoms with Crippen molar-refractivity contribution in [3.63, 3.8) is 0 Å². The molecule has 1 atom stereocenters. The van der Waals surface area contributed by atoms with Gasteiger partial charge in [0.15, 0.2) is 0 Å². The molecule has 1 aromatic rings. The first-order chi connectivity index (χ1) is 6.59. The molecule has 0 bridgehead atoms. The van der Waals surface area contributed by atoms with E-state index in [2.05, 4.69) is 23.6 Å². The van der Waals surface area contributed by atoms with E-state index < -0.39 is 11.0 Å². The first kappa shape index (κ1) is 11.3. The average molecular weight is 212 g/mol. The number of pyridine rings is 1. The zero-order chi connectivity index (χ0) is 10.6. The van der Waals surface area contributed by atoms with Crippen LogP contribution >= 0.6 is 0 Å². The minimum atomic E-state index is -1.12. The third-order valence-electron chi connectivity index (χ3n) is 1.72. The molecule has 0 aliphatic rings. The zero-order valence-corrected chi connectivity index (χ0v) is 9.60. The second kappa shape index (κ2) is 5.22. The van der Waals surface area contributed by atoms with Gasteiger partial charge in [-0.05, 0) is 25.0 Å². The molecule has 1 rings (SSSR count). The highest BCUT2D eigenvalue weighted by Crippen LogP contribution is 2.03. The van der Waals surface area contributed by atoms with Gasteiger partial charge in [0.25, 0.3) is 0 Å². The van der Waals surface area contributed by atoms with E-state index in [1.165, 1.54) is 0 Å². The van der Waals surface area contributed by atoms with Crippen LogP contribution in [-0.2, 0) is 11.0 Å². The number of hydrogen-bond donors (Lipinski definition) is 1. The summed E-state index contributed by atoms with van der Waals surface area (Å²) < 4.78 is 14.6. The van der Waals surface area contributed by atoms with Crippen molar-refractivity contribution in [1.82, 2.24) is 9.71 Å². The molecule has 78 valence electrons. The number of aryl methyl sites for hydroxylation is 1. The van der Waals surface area contributed by atoms with Gasteiger partial charge in [0, 0.05) is 18.4 Å². The summed E-state index contributed by atoms with van der Waals surface area (Å²) in [6.07, 6.45) is 1.65.